The zero-order chi connectivity index (χ0) is 12.0. The minimum Gasteiger partial charge on any atom is -0.496 e. The summed E-state index contributed by atoms with van der Waals surface area (Å²) in [5.74, 6) is 0.534. The van der Waals surface area contributed by atoms with Gasteiger partial charge in [0.15, 0.2) is 0 Å². The Morgan fingerprint density at radius 2 is 2.19 bits per heavy atom. The maximum absolute atomic E-state index is 13.1. The summed E-state index contributed by atoms with van der Waals surface area (Å²) in [7, 11) is 5.52. The lowest BCUT2D eigenvalue weighted by molar-refractivity contribution is 0.318. The number of hydrogen-bond acceptors (Lipinski definition) is 3. The molecule has 1 N–H and O–H groups in total. The summed E-state index contributed by atoms with van der Waals surface area (Å²) in [4.78, 5) is 2.13. The van der Waals surface area contributed by atoms with Gasteiger partial charge in [-0.15, -0.1) is 0 Å². The van der Waals surface area contributed by atoms with Crippen LogP contribution in [0.5, 0.6) is 5.75 Å². The maximum atomic E-state index is 13.1. The average molecular weight is 226 g/mol. The van der Waals surface area contributed by atoms with E-state index >= 15 is 0 Å². The molecule has 0 bridgehead atoms. The number of halogens is 1. The lowest BCUT2D eigenvalue weighted by Gasteiger charge is -2.16. The third-order valence-corrected chi connectivity index (χ3v) is 2.43. The van der Waals surface area contributed by atoms with Crippen LogP contribution < -0.4 is 10.1 Å². The van der Waals surface area contributed by atoms with E-state index in [0.717, 1.165) is 30.9 Å². The first-order chi connectivity index (χ1) is 7.67. The number of ether oxygens (including phenoxy) is 1. The number of likely N-dealkylation sites (N-methyl/N-ethyl adjacent to an activating group) is 1. The second kappa shape index (κ2) is 6.45. The van der Waals surface area contributed by atoms with Crippen LogP contribution >= 0.6 is 0 Å². The molecule has 0 saturated heterocycles. The van der Waals surface area contributed by atoms with Gasteiger partial charge in [-0.2, -0.15) is 0 Å². The highest BCUT2D eigenvalue weighted by molar-refractivity contribution is 5.34. The summed E-state index contributed by atoms with van der Waals surface area (Å²) in [6.45, 7) is 1.68. The van der Waals surface area contributed by atoms with Crippen molar-refractivity contribution in [2.45, 2.75) is 6.42 Å². The number of hydrogen-bond donors (Lipinski definition) is 1. The van der Waals surface area contributed by atoms with Crippen LogP contribution in [-0.4, -0.2) is 39.3 Å². The number of nitrogens with zero attached hydrogens (tertiary/aromatic N) is 1. The molecule has 0 amide bonds. The molecule has 0 radical (unpaired) electrons. The molecule has 0 fully saturated rings. The summed E-state index contributed by atoms with van der Waals surface area (Å²) < 4.78 is 18.3. The van der Waals surface area contributed by atoms with E-state index in [0.29, 0.717) is 0 Å². The highest BCUT2D eigenvalue weighted by Crippen LogP contribution is 2.19. The Morgan fingerprint density at radius 1 is 1.44 bits per heavy atom. The third-order valence-electron chi connectivity index (χ3n) is 2.43. The lowest BCUT2D eigenvalue weighted by Crippen LogP contribution is -2.30. The van der Waals surface area contributed by atoms with Crippen molar-refractivity contribution in [1.29, 1.82) is 0 Å². The molecule has 0 aliphatic carbocycles. The normalized spacial score (nSPS) is 10.8. The topological polar surface area (TPSA) is 24.5 Å². The van der Waals surface area contributed by atoms with Crippen LogP contribution in [0.3, 0.4) is 0 Å². The molecule has 1 rings (SSSR count). The van der Waals surface area contributed by atoms with Gasteiger partial charge in [0.25, 0.3) is 0 Å². The molecule has 0 aliphatic rings. The Balaban J connectivity index is 2.61. The SMILES string of the molecule is CNCN(C)CCc1cc(F)ccc1OC. The second-order valence-corrected chi connectivity index (χ2v) is 3.80. The molecule has 0 aliphatic heterocycles. The van der Waals surface area contributed by atoms with Gasteiger partial charge in [-0.1, -0.05) is 0 Å². The smallest absolute Gasteiger partial charge is 0.123 e. The number of rotatable bonds is 6. The molecule has 3 nitrogen and oxygen atoms in total. The largest absolute Gasteiger partial charge is 0.496 e. The lowest BCUT2D eigenvalue weighted by atomic mass is 10.1. The van der Waals surface area contributed by atoms with E-state index in [4.69, 9.17) is 4.74 Å². The molecule has 0 aromatic heterocycles. The Morgan fingerprint density at radius 3 is 2.81 bits per heavy atom. The quantitative estimate of drug-likeness (QED) is 0.744. The zero-order valence-electron chi connectivity index (χ0n) is 10.1. The molecule has 0 heterocycles. The monoisotopic (exact) mass is 226 g/mol. The van der Waals surface area contributed by atoms with Gasteiger partial charge in [-0.25, -0.2) is 4.39 Å². The molecule has 4 heteroatoms. The Labute approximate surface area is 96.2 Å². The van der Waals surface area contributed by atoms with E-state index in [-0.39, 0.29) is 5.82 Å². The molecule has 1 aromatic carbocycles. The summed E-state index contributed by atoms with van der Waals surface area (Å²) in [6, 6.07) is 4.62. The van der Waals surface area contributed by atoms with Crippen LogP contribution in [0.15, 0.2) is 18.2 Å². The molecule has 0 spiro atoms. The number of nitrogens with one attached hydrogen (secondary N) is 1. The van der Waals surface area contributed by atoms with Crippen molar-refractivity contribution in [3.63, 3.8) is 0 Å². The van der Waals surface area contributed by atoms with Crippen molar-refractivity contribution in [3.05, 3.63) is 29.6 Å². The maximum Gasteiger partial charge on any atom is 0.123 e. The summed E-state index contributed by atoms with van der Waals surface area (Å²) in [5, 5.41) is 3.06. The third kappa shape index (κ3) is 3.79. The summed E-state index contributed by atoms with van der Waals surface area (Å²) in [6.07, 6.45) is 0.777. The van der Waals surface area contributed by atoms with Gasteiger partial charge in [0, 0.05) is 13.2 Å². The van der Waals surface area contributed by atoms with E-state index in [1.807, 2.05) is 14.1 Å². The molecule has 0 saturated carbocycles. The Bertz CT molecular complexity index is 331. The highest BCUT2D eigenvalue weighted by Gasteiger charge is 2.05. The van der Waals surface area contributed by atoms with Crippen molar-refractivity contribution in [3.8, 4) is 5.75 Å². The van der Waals surface area contributed by atoms with Gasteiger partial charge in [0.2, 0.25) is 0 Å². The second-order valence-electron chi connectivity index (χ2n) is 3.80. The van der Waals surface area contributed by atoms with Crippen LogP contribution in [0, 0.1) is 5.82 Å². The molecular weight excluding hydrogens is 207 g/mol. The van der Waals surface area contributed by atoms with E-state index in [1.165, 1.54) is 12.1 Å². The zero-order valence-corrected chi connectivity index (χ0v) is 10.1. The minimum absolute atomic E-state index is 0.216. The predicted octanol–water partition coefficient (Wildman–Crippen LogP) is 1.49. The standard InChI is InChI=1S/C12H19FN2O/c1-14-9-15(2)7-6-10-8-11(13)4-5-12(10)16-3/h4-5,8,14H,6-7,9H2,1-3H3. The van der Waals surface area contributed by atoms with Gasteiger partial charge < -0.3 is 10.1 Å². The summed E-state index contributed by atoms with van der Waals surface area (Å²) >= 11 is 0. The van der Waals surface area contributed by atoms with Crippen molar-refractivity contribution >= 4 is 0 Å². The van der Waals surface area contributed by atoms with Crippen molar-refractivity contribution in [2.75, 3.05) is 34.4 Å². The van der Waals surface area contributed by atoms with Gasteiger partial charge in [0.1, 0.15) is 11.6 Å². The van der Waals surface area contributed by atoms with Gasteiger partial charge in [0.05, 0.1) is 7.11 Å². The highest BCUT2D eigenvalue weighted by atomic mass is 19.1. The number of benzene rings is 1. The van der Waals surface area contributed by atoms with Crippen molar-refractivity contribution < 1.29 is 9.13 Å². The van der Waals surface area contributed by atoms with Crippen LogP contribution in [0.25, 0.3) is 0 Å². The van der Waals surface area contributed by atoms with Gasteiger partial charge in [-0.3, -0.25) is 4.90 Å². The van der Waals surface area contributed by atoms with Crippen LogP contribution in [-0.2, 0) is 6.42 Å². The first-order valence-corrected chi connectivity index (χ1v) is 5.33. The summed E-state index contributed by atoms with van der Waals surface area (Å²) in [5.41, 5.74) is 0.908. The fraction of sp³-hybridized carbons (Fsp3) is 0.500. The molecule has 0 atom stereocenters. The van der Waals surface area contributed by atoms with Crippen LogP contribution in [0.4, 0.5) is 4.39 Å². The van der Waals surface area contributed by atoms with Crippen molar-refractivity contribution in [1.82, 2.24) is 10.2 Å². The van der Waals surface area contributed by atoms with Crippen molar-refractivity contribution in [2.24, 2.45) is 0 Å². The first kappa shape index (κ1) is 12.9. The predicted molar refractivity (Wildman–Crippen MR) is 63.2 cm³/mol. The van der Waals surface area contributed by atoms with E-state index in [9.17, 15) is 4.39 Å². The van der Waals surface area contributed by atoms with E-state index < -0.39 is 0 Å². The Hall–Kier alpha value is -1.13. The number of methoxy groups -OCH3 is 1. The fourth-order valence-corrected chi connectivity index (χ4v) is 1.60. The molecule has 90 valence electrons. The molecular formula is C12H19FN2O. The fourth-order valence-electron chi connectivity index (χ4n) is 1.60. The molecule has 16 heavy (non-hydrogen) atoms. The van der Waals surface area contributed by atoms with E-state index in [2.05, 4.69) is 10.2 Å². The molecule has 0 unspecified atom stereocenters. The van der Waals surface area contributed by atoms with Gasteiger partial charge >= 0.3 is 0 Å². The molecule has 1 aromatic rings. The Kier molecular flexibility index (Phi) is 5.22. The first-order valence-electron chi connectivity index (χ1n) is 5.33. The minimum atomic E-state index is -0.216. The van der Waals surface area contributed by atoms with E-state index in [1.54, 1.807) is 13.2 Å². The average Bonchev–Trinajstić information content (AvgIpc) is 2.27. The van der Waals surface area contributed by atoms with Crippen LogP contribution in [0.2, 0.25) is 0 Å². The van der Waals surface area contributed by atoms with Gasteiger partial charge in [-0.05, 0) is 44.3 Å². The van der Waals surface area contributed by atoms with Crippen LogP contribution in [0.1, 0.15) is 5.56 Å².